The number of aliphatic hydroxyl groups is 1. The molecule has 0 unspecified atom stereocenters. The Balaban J connectivity index is 1.12. The Bertz CT molecular complexity index is 1310. The van der Waals surface area contributed by atoms with E-state index in [1.807, 2.05) is 12.1 Å². The Kier molecular flexibility index (Phi) is 8.79. The number of hydrogen-bond acceptors (Lipinski definition) is 7. The van der Waals surface area contributed by atoms with Gasteiger partial charge in [-0.3, -0.25) is 4.79 Å². The van der Waals surface area contributed by atoms with Crippen molar-refractivity contribution in [2.45, 2.75) is 50.4 Å². The quantitative estimate of drug-likeness (QED) is 0.358. The van der Waals surface area contributed by atoms with Crippen LogP contribution in [-0.2, 0) is 9.53 Å². The maximum absolute atomic E-state index is 13.5. The molecule has 3 atom stereocenters. The van der Waals surface area contributed by atoms with Gasteiger partial charge in [0.1, 0.15) is 18.0 Å². The molecule has 9 heteroatoms. The number of rotatable bonds is 9. The molecule has 2 N–H and O–H groups in total. The lowest BCUT2D eigenvalue weighted by Crippen LogP contribution is -2.48. The van der Waals surface area contributed by atoms with Crippen LogP contribution in [0, 0.1) is 5.92 Å². The van der Waals surface area contributed by atoms with E-state index in [2.05, 4.69) is 44.8 Å². The lowest BCUT2D eigenvalue weighted by atomic mass is 9.99. The maximum atomic E-state index is 13.5. The summed E-state index contributed by atoms with van der Waals surface area (Å²) in [4.78, 5) is 18.2. The lowest BCUT2D eigenvalue weighted by molar-refractivity contribution is -0.126. The van der Waals surface area contributed by atoms with Crippen molar-refractivity contribution >= 4 is 44.6 Å². The van der Waals surface area contributed by atoms with Gasteiger partial charge in [-0.2, -0.15) is 0 Å². The Hall–Kier alpha value is -2.36. The zero-order chi connectivity index (χ0) is 27.5. The van der Waals surface area contributed by atoms with Gasteiger partial charge in [-0.1, -0.05) is 23.7 Å². The van der Waals surface area contributed by atoms with Crippen molar-refractivity contribution in [2.75, 3.05) is 50.8 Å². The van der Waals surface area contributed by atoms with Crippen molar-refractivity contribution in [1.82, 2.24) is 10.2 Å². The number of thiophene rings is 1. The van der Waals surface area contributed by atoms with Crippen LogP contribution < -0.4 is 15.0 Å². The van der Waals surface area contributed by atoms with Crippen molar-refractivity contribution in [3.05, 3.63) is 58.4 Å². The van der Waals surface area contributed by atoms with Crippen molar-refractivity contribution in [3.63, 3.8) is 0 Å². The van der Waals surface area contributed by atoms with Crippen LogP contribution in [-0.4, -0.2) is 74.0 Å². The second-order valence-electron chi connectivity index (χ2n) is 11.3. The van der Waals surface area contributed by atoms with Crippen LogP contribution in [0.4, 0.5) is 5.69 Å². The van der Waals surface area contributed by atoms with Crippen LogP contribution in [0.25, 0.3) is 10.1 Å². The molecule has 214 valence electrons. The average Bonchev–Trinajstić information content (AvgIpc) is 3.76. The van der Waals surface area contributed by atoms with Gasteiger partial charge in [0.2, 0.25) is 5.91 Å². The number of fused-ring (bicyclic) bond motifs is 1. The first-order valence-electron chi connectivity index (χ1n) is 14.5. The Morgan fingerprint density at radius 2 is 1.93 bits per heavy atom. The number of benzene rings is 2. The standard InChI is InChI=1S/C31H38ClN3O4S/c32-26-17-22(4-6-28(26)39-25-8-14-38-15-9-25)30(36)27(20-34-11-1-2-12-34)33-31(37)23-7-13-35(19-23)24-5-3-21-10-16-40-29(21)18-24/h3-6,10,16-18,23,25,27,30,36H,1-2,7-9,11-15,19-20H2,(H,33,37)/t23-,27-,30-/m1/s1. The molecule has 0 radical (unpaired) electrons. The summed E-state index contributed by atoms with van der Waals surface area (Å²) in [6.45, 7) is 5.49. The lowest BCUT2D eigenvalue weighted by Gasteiger charge is -2.30. The molecule has 0 saturated carbocycles. The molecule has 3 saturated heterocycles. The highest BCUT2D eigenvalue weighted by Crippen LogP contribution is 2.33. The third-order valence-electron chi connectivity index (χ3n) is 8.49. The predicted octanol–water partition coefficient (Wildman–Crippen LogP) is 5.25. The molecule has 3 aliphatic rings. The molecule has 1 aromatic heterocycles. The molecule has 6 rings (SSSR count). The summed E-state index contributed by atoms with van der Waals surface area (Å²) in [5.41, 5.74) is 1.85. The van der Waals surface area contributed by atoms with Gasteiger partial charge in [0.15, 0.2) is 0 Å². The van der Waals surface area contributed by atoms with E-state index in [4.69, 9.17) is 21.1 Å². The molecule has 3 fully saturated rings. The number of nitrogens with one attached hydrogen (secondary N) is 1. The van der Waals surface area contributed by atoms with Crippen LogP contribution in [0.3, 0.4) is 0 Å². The van der Waals surface area contributed by atoms with E-state index in [0.717, 1.165) is 57.4 Å². The molecule has 3 aromatic rings. The van der Waals surface area contributed by atoms with E-state index >= 15 is 0 Å². The van der Waals surface area contributed by atoms with Crippen LogP contribution in [0.1, 0.15) is 43.8 Å². The number of carbonyl (C=O) groups excluding carboxylic acids is 1. The smallest absolute Gasteiger partial charge is 0.225 e. The minimum absolute atomic E-state index is 0.00789. The van der Waals surface area contributed by atoms with Crippen LogP contribution in [0.5, 0.6) is 5.75 Å². The van der Waals surface area contributed by atoms with E-state index in [9.17, 15) is 9.90 Å². The number of amides is 1. The Morgan fingerprint density at radius 1 is 1.10 bits per heavy atom. The number of ether oxygens (including phenoxy) is 2. The second-order valence-corrected chi connectivity index (χ2v) is 12.6. The number of likely N-dealkylation sites (tertiary alicyclic amines) is 1. The first kappa shape index (κ1) is 27.8. The maximum Gasteiger partial charge on any atom is 0.225 e. The third kappa shape index (κ3) is 6.42. The number of hydrogen-bond donors (Lipinski definition) is 2. The number of halogens is 1. The average molecular weight is 584 g/mol. The molecule has 0 aliphatic carbocycles. The van der Waals surface area contributed by atoms with Crippen LogP contribution in [0.15, 0.2) is 47.8 Å². The highest BCUT2D eigenvalue weighted by atomic mass is 35.5. The first-order valence-corrected chi connectivity index (χ1v) is 15.8. The van der Waals surface area contributed by atoms with Gasteiger partial charge < -0.3 is 29.7 Å². The Morgan fingerprint density at radius 3 is 2.73 bits per heavy atom. The second kappa shape index (κ2) is 12.7. The summed E-state index contributed by atoms with van der Waals surface area (Å²) in [5, 5.41) is 18.6. The molecule has 0 bridgehead atoms. The number of anilines is 1. The van der Waals surface area contributed by atoms with Crippen LogP contribution >= 0.6 is 22.9 Å². The molecule has 7 nitrogen and oxygen atoms in total. The van der Waals surface area contributed by atoms with Crippen molar-refractivity contribution in [2.24, 2.45) is 5.92 Å². The molecular weight excluding hydrogens is 546 g/mol. The minimum Gasteiger partial charge on any atom is -0.489 e. The number of carbonyl (C=O) groups is 1. The van der Waals surface area contributed by atoms with Crippen molar-refractivity contribution < 1.29 is 19.4 Å². The van der Waals surface area contributed by atoms with Gasteiger partial charge in [0.05, 0.1) is 30.2 Å². The molecule has 3 aliphatic heterocycles. The van der Waals surface area contributed by atoms with E-state index < -0.39 is 12.1 Å². The zero-order valence-electron chi connectivity index (χ0n) is 22.8. The summed E-state index contributed by atoms with van der Waals surface area (Å²) in [5.74, 6) is 0.510. The molecule has 1 amide bonds. The molecule has 40 heavy (non-hydrogen) atoms. The predicted molar refractivity (Wildman–Crippen MR) is 161 cm³/mol. The molecule has 2 aromatic carbocycles. The van der Waals surface area contributed by atoms with Gasteiger partial charge in [0, 0.05) is 42.9 Å². The van der Waals surface area contributed by atoms with E-state index in [1.54, 1.807) is 17.4 Å². The summed E-state index contributed by atoms with van der Waals surface area (Å²) < 4.78 is 12.8. The highest BCUT2D eigenvalue weighted by Gasteiger charge is 2.33. The Labute approximate surface area is 245 Å². The molecule has 4 heterocycles. The number of nitrogens with zero attached hydrogens (tertiary/aromatic N) is 2. The SMILES string of the molecule is O=C(N[C@H](CN1CCCC1)[C@H](O)c1ccc(OC2CCOCC2)c(Cl)c1)[C@@H]1CCN(c2ccc3ccsc3c2)C1. The fraction of sp³-hybridized carbons (Fsp3) is 0.516. The van der Waals surface area contributed by atoms with Crippen LogP contribution in [0.2, 0.25) is 5.02 Å². The molecule has 0 spiro atoms. The summed E-state index contributed by atoms with van der Waals surface area (Å²) in [6.07, 6.45) is 3.98. The monoisotopic (exact) mass is 583 g/mol. The fourth-order valence-corrected chi connectivity index (χ4v) is 7.18. The number of aliphatic hydroxyl groups excluding tert-OH is 1. The zero-order valence-corrected chi connectivity index (χ0v) is 24.3. The minimum atomic E-state index is -0.877. The van der Waals surface area contributed by atoms with Gasteiger partial charge in [0.25, 0.3) is 0 Å². The van der Waals surface area contributed by atoms with E-state index in [1.165, 1.54) is 10.1 Å². The largest absolute Gasteiger partial charge is 0.489 e. The van der Waals surface area contributed by atoms with E-state index in [0.29, 0.717) is 42.6 Å². The summed E-state index contributed by atoms with van der Waals surface area (Å²) >= 11 is 8.35. The molecular formula is C31H38ClN3O4S. The van der Waals surface area contributed by atoms with Gasteiger partial charge in [-0.15, -0.1) is 11.3 Å². The fourth-order valence-electron chi connectivity index (χ4n) is 6.12. The highest BCUT2D eigenvalue weighted by molar-refractivity contribution is 7.17. The third-order valence-corrected chi connectivity index (χ3v) is 9.66. The summed E-state index contributed by atoms with van der Waals surface area (Å²) in [7, 11) is 0. The first-order chi connectivity index (χ1) is 19.5. The van der Waals surface area contributed by atoms with Gasteiger partial charge >= 0.3 is 0 Å². The normalized spacial score (nSPS) is 22.1. The van der Waals surface area contributed by atoms with Crippen molar-refractivity contribution in [3.8, 4) is 5.75 Å². The van der Waals surface area contributed by atoms with Gasteiger partial charge in [-0.25, -0.2) is 0 Å². The summed E-state index contributed by atoms with van der Waals surface area (Å²) in [6, 6.07) is 13.7. The topological polar surface area (TPSA) is 74.3 Å². The van der Waals surface area contributed by atoms with Gasteiger partial charge in [-0.05, 0) is 79.0 Å². The van der Waals surface area contributed by atoms with Crippen molar-refractivity contribution in [1.29, 1.82) is 0 Å². The van der Waals surface area contributed by atoms with E-state index in [-0.39, 0.29) is 17.9 Å².